The summed E-state index contributed by atoms with van der Waals surface area (Å²) in [7, 11) is 0. The quantitative estimate of drug-likeness (QED) is 0.299. The first kappa shape index (κ1) is 32.5. The molecule has 0 N–H and O–H groups in total. The van der Waals surface area contributed by atoms with Crippen LogP contribution in [0.25, 0.3) is 0 Å². The third kappa shape index (κ3) is 17.6. The van der Waals surface area contributed by atoms with Crippen LogP contribution in [0, 0.1) is 0 Å². The monoisotopic (exact) mass is 500 g/mol. The van der Waals surface area contributed by atoms with E-state index >= 15 is 0 Å². The minimum atomic E-state index is 0. The van der Waals surface area contributed by atoms with Crippen LogP contribution in [0.2, 0.25) is 0 Å². The molecule has 0 saturated heterocycles. The van der Waals surface area contributed by atoms with Gasteiger partial charge in [0, 0.05) is 0 Å². The van der Waals surface area contributed by atoms with E-state index in [4.69, 9.17) is 0 Å². The molecule has 0 saturated carbocycles. The maximum absolute atomic E-state index is 0. The van der Waals surface area contributed by atoms with Crippen LogP contribution in [0.5, 0.6) is 0 Å². The van der Waals surface area contributed by atoms with Crippen molar-refractivity contribution in [3.63, 3.8) is 0 Å². The van der Waals surface area contributed by atoms with Gasteiger partial charge in [-0.05, 0) is 0 Å². The van der Waals surface area contributed by atoms with Gasteiger partial charge in [-0.15, -0.1) is 0 Å². The summed E-state index contributed by atoms with van der Waals surface area (Å²) in [6.45, 7) is 0. The molecule has 0 bridgehead atoms. The summed E-state index contributed by atoms with van der Waals surface area (Å²) >= 11 is 0. The van der Waals surface area contributed by atoms with Crippen molar-refractivity contribution in [1.29, 1.82) is 0 Å². The SMILES string of the molecule is [Cs+].[Cs+].[Hg+2].[O-2].[O-2]. The largest absolute Gasteiger partial charge is 2.00 e. The fraction of sp³-hybridized carbons (Fsp3) is 0. The van der Waals surface area contributed by atoms with Crippen LogP contribution in [0.3, 0.4) is 0 Å². The summed E-state index contributed by atoms with van der Waals surface area (Å²) < 4.78 is 0. The van der Waals surface area contributed by atoms with Gasteiger partial charge in [-0.3, -0.25) is 0 Å². The Bertz CT molecular complexity index is 7.61. The molecule has 0 radical (unpaired) electrons. The molecule has 0 aliphatic rings. The predicted molar refractivity (Wildman–Crippen MR) is 1.37 cm³/mol. The van der Waals surface area contributed by atoms with Crippen molar-refractivity contribution in [1.82, 2.24) is 0 Å². The smallest absolute Gasteiger partial charge is 2.00 e. The average molecular weight is 498 g/mol. The van der Waals surface area contributed by atoms with Gasteiger partial charge in [0.25, 0.3) is 0 Å². The molecular weight excluding hydrogens is 498 g/mol. The van der Waals surface area contributed by atoms with Crippen LogP contribution in [-0.2, 0) is 38.6 Å². The first-order valence-corrected chi connectivity index (χ1v) is 0. The van der Waals surface area contributed by atoms with E-state index in [1.54, 1.807) is 0 Å². The molecule has 0 aromatic carbocycles. The van der Waals surface area contributed by atoms with Crippen LogP contribution in [-0.4, -0.2) is 0 Å². The van der Waals surface area contributed by atoms with Crippen molar-refractivity contribution in [3.8, 4) is 0 Å². The normalized spacial score (nSPS) is 0. The van der Waals surface area contributed by atoms with Crippen molar-refractivity contribution in [2.75, 3.05) is 0 Å². The molecule has 0 aliphatic carbocycles. The Labute approximate surface area is 170 Å². The van der Waals surface area contributed by atoms with Gasteiger partial charge in [-0.25, -0.2) is 0 Å². The zero-order chi connectivity index (χ0) is 0. The zero-order valence-electron chi connectivity index (χ0n) is 3.52. The first-order valence-electron chi connectivity index (χ1n) is 0. The molecule has 0 atom stereocenters. The van der Waals surface area contributed by atoms with Crippen molar-refractivity contribution in [2.45, 2.75) is 0 Å². The van der Waals surface area contributed by atoms with Gasteiger partial charge < -0.3 is 11.0 Å². The Morgan fingerprint density at radius 1 is 0.600 bits per heavy atom. The van der Waals surface area contributed by atoms with Crippen LogP contribution < -0.4 is 138 Å². The van der Waals surface area contributed by atoms with Crippen LogP contribution in [0.1, 0.15) is 0 Å². The number of rotatable bonds is 0. The van der Waals surface area contributed by atoms with E-state index in [-0.39, 0.29) is 176 Å². The fourth-order valence-corrected chi connectivity index (χ4v) is 0. The van der Waals surface area contributed by atoms with Crippen molar-refractivity contribution >= 4 is 0 Å². The average Bonchev–Trinajstić information content (AvgIpc) is 0. The molecule has 0 aliphatic heterocycles. The predicted octanol–water partition coefficient (Wildman–Crippen LogP) is -6.23. The van der Waals surface area contributed by atoms with Crippen molar-refractivity contribution in [3.05, 3.63) is 0 Å². The summed E-state index contributed by atoms with van der Waals surface area (Å²) in [4.78, 5) is 0. The molecule has 5 heavy (non-hydrogen) atoms. The molecule has 0 fully saturated rings. The molecule has 0 unspecified atom stereocenters. The van der Waals surface area contributed by atoms with E-state index in [1.807, 2.05) is 0 Å². The molecule has 0 aromatic rings. The second kappa shape index (κ2) is 23.1. The Balaban J connectivity index is 0. The molecule has 0 rings (SSSR count). The zero-order valence-corrected chi connectivity index (χ0v) is 21.6. The van der Waals surface area contributed by atoms with E-state index in [0.717, 1.165) is 0 Å². The van der Waals surface area contributed by atoms with Gasteiger partial charge in [0.15, 0.2) is 0 Å². The second-order valence-electron chi connectivity index (χ2n) is 0. The molecule has 0 spiro atoms. The maximum Gasteiger partial charge on any atom is 2.00 e. The van der Waals surface area contributed by atoms with E-state index in [0.29, 0.717) is 0 Å². The summed E-state index contributed by atoms with van der Waals surface area (Å²) in [6.07, 6.45) is 0. The standard InChI is InChI=1S/2Cs.Hg.2O/q2*+1;+2;2*-2. The van der Waals surface area contributed by atoms with Crippen LogP contribution in [0.4, 0.5) is 0 Å². The van der Waals surface area contributed by atoms with Gasteiger partial charge in [-0.1, -0.05) is 0 Å². The minimum absolute atomic E-state index is 0. The Morgan fingerprint density at radius 2 is 0.600 bits per heavy atom. The molecule has 5 heteroatoms. The van der Waals surface area contributed by atoms with Gasteiger partial charge in [0.1, 0.15) is 0 Å². The molecule has 0 amide bonds. The van der Waals surface area contributed by atoms with E-state index in [1.165, 1.54) is 0 Å². The minimum Gasteiger partial charge on any atom is -2.00 e. The maximum atomic E-state index is 0. The summed E-state index contributed by atoms with van der Waals surface area (Å²) in [5.74, 6) is 0. The molecular formula is Cs2HgO2. The molecule has 2 nitrogen and oxygen atoms in total. The fourth-order valence-electron chi connectivity index (χ4n) is 0. The molecule has 0 aromatic heterocycles. The molecule has 0 heterocycles. The van der Waals surface area contributed by atoms with Gasteiger partial charge in [0.2, 0.25) is 0 Å². The van der Waals surface area contributed by atoms with Crippen LogP contribution in [0.15, 0.2) is 0 Å². The topological polar surface area (TPSA) is 57.0 Å². The summed E-state index contributed by atoms with van der Waals surface area (Å²) in [5.41, 5.74) is 0. The third-order valence-corrected chi connectivity index (χ3v) is 0. The Kier molecular flexibility index (Phi) is 150. The first-order chi connectivity index (χ1) is 0. The Morgan fingerprint density at radius 3 is 0.600 bits per heavy atom. The number of hydrogen-bond acceptors (Lipinski definition) is 0. The van der Waals surface area contributed by atoms with Gasteiger partial charge in [-0.2, -0.15) is 0 Å². The van der Waals surface area contributed by atoms with E-state index < -0.39 is 0 Å². The van der Waals surface area contributed by atoms with Crippen molar-refractivity contribution < 1.29 is 176 Å². The second-order valence-corrected chi connectivity index (χ2v) is 0. The molecule has 16 valence electrons. The van der Waals surface area contributed by atoms with E-state index in [9.17, 15) is 0 Å². The van der Waals surface area contributed by atoms with Gasteiger partial charge >= 0.3 is 165 Å². The summed E-state index contributed by atoms with van der Waals surface area (Å²) in [6, 6.07) is 0. The van der Waals surface area contributed by atoms with E-state index in [2.05, 4.69) is 0 Å². The third-order valence-electron chi connectivity index (χ3n) is 0. The van der Waals surface area contributed by atoms with Crippen LogP contribution >= 0.6 is 0 Å². The van der Waals surface area contributed by atoms with Crippen molar-refractivity contribution in [2.24, 2.45) is 0 Å². The summed E-state index contributed by atoms with van der Waals surface area (Å²) in [5, 5.41) is 0. The van der Waals surface area contributed by atoms with Gasteiger partial charge in [0.05, 0.1) is 0 Å². The number of hydrogen-bond donors (Lipinski definition) is 0. The Hall–Kier alpha value is 4.96.